The SMILES string of the molecule is Nc1cc(OCCO)ccc1S(N)(=O)=O. The molecule has 15 heavy (non-hydrogen) atoms. The molecule has 1 rings (SSSR count). The zero-order valence-electron chi connectivity index (χ0n) is 7.88. The Bertz CT molecular complexity index is 444. The monoisotopic (exact) mass is 232 g/mol. The van der Waals surface area contributed by atoms with Crippen LogP contribution in [0.25, 0.3) is 0 Å². The van der Waals surface area contributed by atoms with Crippen molar-refractivity contribution in [2.45, 2.75) is 4.90 Å². The lowest BCUT2D eigenvalue weighted by Gasteiger charge is -2.07. The standard InChI is InChI=1S/C8H12N2O4S/c9-7-5-6(14-4-3-11)1-2-8(7)15(10,12)13/h1-2,5,11H,3-4,9H2,(H2,10,12,13). The Hall–Kier alpha value is -1.31. The average Bonchev–Trinajstić information content (AvgIpc) is 2.12. The number of nitrogens with two attached hydrogens (primary N) is 2. The number of rotatable bonds is 4. The van der Waals surface area contributed by atoms with E-state index in [1.807, 2.05) is 0 Å². The maximum absolute atomic E-state index is 11.0. The van der Waals surface area contributed by atoms with Gasteiger partial charge in [-0.15, -0.1) is 0 Å². The fourth-order valence-corrected chi connectivity index (χ4v) is 1.68. The van der Waals surface area contributed by atoms with Crippen molar-refractivity contribution in [1.82, 2.24) is 0 Å². The highest BCUT2D eigenvalue weighted by atomic mass is 32.2. The van der Waals surface area contributed by atoms with Gasteiger partial charge < -0.3 is 15.6 Å². The van der Waals surface area contributed by atoms with E-state index in [0.717, 1.165) is 0 Å². The van der Waals surface area contributed by atoms with Gasteiger partial charge in [0.05, 0.1) is 12.3 Å². The molecule has 84 valence electrons. The van der Waals surface area contributed by atoms with Crippen LogP contribution in [0.15, 0.2) is 23.1 Å². The molecule has 1 aromatic carbocycles. The van der Waals surface area contributed by atoms with Gasteiger partial charge in [-0.25, -0.2) is 13.6 Å². The van der Waals surface area contributed by atoms with Gasteiger partial charge in [0.25, 0.3) is 0 Å². The third-order valence-electron chi connectivity index (χ3n) is 1.65. The fourth-order valence-electron chi connectivity index (χ4n) is 1.04. The molecule has 0 aliphatic rings. The largest absolute Gasteiger partial charge is 0.491 e. The molecule has 0 atom stereocenters. The molecule has 0 saturated carbocycles. The summed E-state index contributed by atoms with van der Waals surface area (Å²) in [4.78, 5) is -0.140. The minimum absolute atomic E-state index is 0.0212. The van der Waals surface area contributed by atoms with Crippen LogP contribution < -0.4 is 15.6 Å². The fraction of sp³-hybridized carbons (Fsp3) is 0.250. The summed E-state index contributed by atoms with van der Waals surface area (Å²) in [5, 5.41) is 13.4. The number of nitrogen functional groups attached to an aromatic ring is 1. The van der Waals surface area contributed by atoms with Crippen molar-refractivity contribution in [1.29, 1.82) is 0 Å². The predicted octanol–water partition coefficient (Wildman–Crippen LogP) is -0.713. The van der Waals surface area contributed by atoms with E-state index < -0.39 is 10.0 Å². The van der Waals surface area contributed by atoms with Crippen LogP contribution >= 0.6 is 0 Å². The van der Waals surface area contributed by atoms with E-state index in [4.69, 9.17) is 20.7 Å². The van der Waals surface area contributed by atoms with Crippen LogP contribution in [0.3, 0.4) is 0 Å². The van der Waals surface area contributed by atoms with Crippen molar-refractivity contribution in [3.05, 3.63) is 18.2 Å². The maximum atomic E-state index is 11.0. The van der Waals surface area contributed by atoms with Gasteiger partial charge in [-0.1, -0.05) is 0 Å². The number of aliphatic hydroxyl groups excluding tert-OH is 1. The lowest BCUT2D eigenvalue weighted by molar-refractivity contribution is 0.201. The molecule has 0 aromatic heterocycles. The molecular weight excluding hydrogens is 220 g/mol. The Labute approximate surface area is 87.5 Å². The highest BCUT2D eigenvalue weighted by Crippen LogP contribution is 2.22. The first-order valence-corrected chi connectivity index (χ1v) is 5.66. The van der Waals surface area contributed by atoms with Gasteiger partial charge in [0, 0.05) is 6.07 Å². The molecule has 0 radical (unpaired) electrons. The molecule has 6 nitrogen and oxygen atoms in total. The lowest BCUT2D eigenvalue weighted by Crippen LogP contribution is -2.14. The number of primary sulfonamides is 1. The van der Waals surface area contributed by atoms with Crippen molar-refractivity contribution in [2.24, 2.45) is 5.14 Å². The number of sulfonamides is 1. The van der Waals surface area contributed by atoms with E-state index in [0.29, 0.717) is 5.75 Å². The van der Waals surface area contributed by atoms with E-state index in [1.165, 1.54) is 18.2 Å². The van der Waals surface area contributed by atoms with E-state index in [1.54, 1.807) is 0 Å². The topological polar surface area (TPSA) is 116 Å². The van der Waals surface area contributed by atoms with E-state index in [-0.39, 0.29) is 23.8 Å². The first-order valence-electron chi connectivity index (χ1n) is 4.11. The second-order valence-electron chi connectivity index (χ2n) is 2.82. The molecule has 1 aromatic rings. The molecule has 0 saturated heterocycles. The Morgan fingerprint density at radius 2 is 2.07 bits per heavy atom. The van der Waals surface area contributed by atoms with Crippen molar-refractivity contribution in [3.63, 3.8) is 0 Å². The van der Waals surface area contributed by atoms with Crippen molar-refractivity contribution < 1.29 is 18.3 Å². The van der Waals surface area contributed by atoms with Crippen LogP contribution in [-0.2, 0) is 10.0 Å². The van der Waals surface area contributed by atoms with Crippen molar-refractivity contribution in [2.75, 3.05) is 18.9 Å². The van der Waals surface area contributed by atoms with Crippen LogP contribution in [0.5, 0.6) is 5.75 Å². The molecule has 0 spiro atoms. The van der Waals surface area contributed by atoms with Crippen LogP contribution in [0.2, 0.25) is 0 Å². The summed E-state index contributed by atoms with van der Waals surface area (Å²) in [6, 6.07) is 4.03. The van der Waals surface area contributed by atoms with Crippen LogP contribution in [-0.4, -0.2) is 26.7 Å². The second-order valence-corrected chi connectivity index (χ2v) is 4.35. The molecule has 0 unspecified atom stereocenters. The summed E-state index contributed by atoms with van der Waals surface area (Å²) in [7, 11) is -3.80. The second kappa shape index (κ2) is 4.47. The molecule has 0 bridgehead atoms. The van der Waals surface area contributed by atoms with Crippen LogP contribution in [0.1, 0.15) is 0 Å². The number of benzene rings is 1. The summed E-state index contributed by atoms with van der Waals surface area (Å²) in [5.74, 6) is 0.383. The molecule has 0 amide bonds. The van der Waals surface area contributed by atoms with Crippen molar-refractivity contribution in [3.8, 4) is 5.75 Å². The average molecular weight is 232 g/mol. The molecule has 0 aliphatic carbocycles. The van der Waals surface area contributed by atoms with Gasteiger partial charge in [-0.2, -0.15) is 0 Å². The summed E-state index contributed by atoms with van der Waals surface area (Å²) in [6.45, 7) is -0.00892. The molecule has 5 N–H and O–H groups in total. The van der Waals surface area contributed by atoms with Crippen LogP contribution in [0, 0.1) is 0 Å². The quantitative estimate of drug-likeness (QED) is 0.593. The Balaban J connectivity index is 2.99. The van der Waals surface area contributed by atoms with Gasteiger partial charge in [0.2, 0.25) is 10.0 Å². The summed E-state index contributed by atoms with van der Waals surface area (Å²) >= 11 is 0. The summed E-state index contributed by atoms with van der Waals surface area (Å²) < 4.78 is 27.0. The van der Waals surface area contributed by atoms with Crippen LogP contribution in [0.4, 0.5) is 5.69 Å². The highest BCUT2D eigenvalue weighted by molar-refractivity contribution is 7.89. The van der Waals surface area contributed by atoms with Crippen molar-refractivity contribution >= 4 is 15.7 Å². The Morgan fingerprint density at radius 3 is 2.53 bits per heavy atom. The third-order valence-corrected chi connectivity index (χ3v) is 2.63. The van der Waals surface area contributed by atoms with E-state index >= 15 is 0 Å². The normalized spacial score (nSPS) is 11.3. The number of hydrogen-bond acceptors (Lipinski definition) is 5. The third kappa shape index (κ3) is 3.08. The van der Waals surface area contributed by atoms with Gasteiger partial charge >= 0.3 is 0 Å². The first-order chi connectivity index (χ1) is 6.95. The minimum Gasteiger partial charge on any atom is -0.491 e. The summed E-state index contributed by atoms with van der Waals surface area (Å²) in [5.41, 5.74) is 5.50. The number of hydrogen-bond donors (Lipinski definition) is 3. The first kappa shape index (κ1) is 11.8. The Morgan fingerprint density at radius 1 is 1.40 bits per heavy atom. The molecular formula is C8H12N2O4S. The number of aliphatic hydroxyl groups is 1. The minimum atomic E-state index is -3.80. The Kier molecular flexibility index (Phi) is 3.51. The zero-order chi connectivity index (χ0) is 11.5. The van der Waals surface area contributed by atoms with Gasteiger partial charge in [0.1, 0.15) is 17.3 Å². The lowest BCUT2D eigenvalue weighted by atomic mass is 10.3. The molecule has 0 aliphatic heterocycles. The number of ether oxygens (including phenoxy) is 1. The smallest absolute Gasteiger partial charge is 0.240 e. The van der Waals surface area contributed by atoms with Gasteiger partial charge in [-0.3, -0.25) is 0 Å². The highest BCUT2D eigenvalue weighted by Gasteiger charge is 2.12. The van der Waals surface area contributed by atoms with Gasteiger partial charge in [0.15, 0.2) is 0 Å². The summed E-state index contributed by atoms with van der Waals surface area (Å²) in [6.07, 6.45) is 0. The molecule has 0 fully saturated rings. The molecule has 7 heteroatoms. The van der Waals surface area contributed by atoms with Gasteiger partial charge in [-0.05, 0) is 12.1 Å². The number of anilines is 1. The van der Waals surface area contributed by atoms with E-state index in [2.05, 4.69) is 0 Å². The molecule has 0 heterocycles. The maximum Gasteiger partial charge on any atom is 0.240 e. The van der Waals surface area contributed by atoms with E-state index in [9.17, 15) is 8.42 Å². The predicted molar refractivity (Wildman–Crippen MR) is 54.8 cm³/mol. The zero-order valence-corrected chi connectivity index (χ0v) is 8.70.